The third-order valence-corrected chi connectivity index (χ3v) is 2.89. The van der Waals surface area contributed by atoms with Crippen LogP contribution in [0.25, 0.3) is 0 Å². The molecule has 1 atom stereocenters. The second kappa shape index (κ2) is 5.46. The molecule has 1 saturated carbocycles. The Morgan fingerprint density at radius 3 is 3.12 bits per heavy atom. The molecule has 1 unspecified atom stereocenters. The highest BCUT2D eigenvalue weighted by Crippen LogP contribution is 2.35. The van der Waals surface area contributed by atoms with Gasteiger partial charge < -0.3 is 14.6 Å². The summed E-state index contributed by atoms with van der Waals surface area (Å²) in [4.78, 5) is 4.22. The second-order valence-electron chi connectivity index (χ2n) is 4.46. The van der Waals surface area contributed by atoms with E-state index in [0.717, 1.165) is 19.8 Å². The van der Waals surface area contributed by atoms with E-state index < -0.39 is 0 Å². The number of nitrogens with one attached hydrogen (secondary N) is 1. The number of ether oxygens (including phenoxy) is 1. The predicted octanol–water partition coefficient (Wildman–Crippen LogP) is 1.73. The molecule has 0 saturated heterocycles. The van der Waals surface area contributed by atoms with Crippen LogP contribution >= 0.6 is 0 Å². The minimum Gasteiger partial charge on any atom is -0.380 e. The van der Waals surface area contributed by atoms with E-state index in [-0.39, 0.29) is 0 Å². The summed E-state index contributed by atoms with van der Waals surface area (Å²) in [7, 11) is 0. The first-order valence-electron chi connectivity index (χ1n) is 6.13. The van der Waals surface area contributed by atoms with Crippen LogP contribution in [-0.2, 0) is 11.3 Å². The molecule has 90 valence electrons. The maximum Gasteiger partial charge on any atom is 0.0951 e. The first-order chi connectivity index (χ1) is 7.81. The molecule has 4 nitrogen and oxygen atoms in total. The third-order valence-electron chi connectivity index (χ3n) is 2.89. The van der Waals surface area contributed by atoms with E-state index in [4.69, 9.17) is 4.74 Å². The van der Waals surface area contributed by atoms with Crippen LogP contribution in [0.3, 0.4) is 0 Å². The van der Waals surface area contributed by atoms with Crippen LogP contribution in [0.4, 0.5) is 0 Å². The standard InChI is InChI=1S/C12H21N3O/c1-3-16-8-10(2)14-7-12-6-13-9-15(12)11-4-5-11/h6,9-11,14H,3-5,7-8H2,1-2H3. The molecule has 1 N–H and O–H groups in total. The normalized spacial score (nSPS) is 17.6. The average molecular weight is 223 g/mol. The lowest BCUT2D eigenvalue weighted by Crippen LogP contribution is -2.30. The van der Waals surface area contributed by atoms with Gasteiger partial charge in [-0.1, -0.05) is 0 Å². The SMILES string of the molecule is CCOCC(C)NCc1cncn1C1CC1. The van der Waals surface area contributed by atoms with E-state index in [1.54, 1.807) is 0 Å². The first kappa shape index (κ1) is 11.6. The van der Waals surface area contributed by atoms with Crippen LogP contribution < -0.4 is 5.32 Å². The molecule has 1 aliphatic rings. The van der Waals surface area contributed by atoms with Crippen molar-refractivity contribution in [2.75, 3.05) is 13.2 Å². The maximum absolute atomic E-state index is 5.37. The Kier molecular flexibility index (Phi) is 3.96. The summed E-state index contributed by atoms with van der Waals surface area (Å²) in [6.45, 7) is 6.60. The van der Waals surface area contributed by atoms with Crippen LogP contribution in [0.15, 0.2) is 12.5 Å². The molecule has 0 spiro atoms. The van der Waals surface area contributed by atoms with Crippen LogP contribution in [0, 0.1) is 0 Å². The average Bonchev–Trinajstić information content (AvgIpc) is 3.03. The van der Waals surface area contributed by atoms with E-state index >= 15 is 0 Å². The molecule has 0 aliphatic heterocycles. The van der Waals surface area contributed by atoms with Crippen molar-refractivity contribution in [3.8, 4) is 0 Å². The Morgan fingerprint density at radius 2 is 2.44 bits per heavy atom. The summed E-state index contributed by atoms with van der Waals surface area (Å²) in [5.41, 5.74) is 1.28. The summed E-state index contributed by atoms with van der Waals surface area (Å²) >= 11 is 0. The zero-order valence-electron chi connectivity index (χ0n) is 10.1. The van der Waals surface area contributed by atoms with Crippen LogP contribution in [0.1, 0.15) is 38.4 Å². The smallest absolute Gasteiger partial charge is 0.0951 e. The predicted molar refractivity (Wildman–Crippen MR) is 63.3 cm³/mol. The minimum atomic E-state index is 0.391. The van der Waals surface area contributed by atoms with Crippen molar-refractivity contribution < 1.29 is 4.74 Å². The molecule has 0 amide bonds. The van der Waals surface area contributed by atoms with Gasteiger partial charge in [0.05, 0.1) is 18.6 Å². The van der Waals surface area contributed by atoms with Gasteiger partial charge in [-0.2, -0.15) is 0 Å². The molecule has 4 heteroatoms. The minimum absolute atomic E-state index is 0.391. The number of hydrogen-bond acceptors (Lipinski definition) is 3. The fraction of sp³-hybridized carbons (Fsp3) is 0.750. The summed E-state index contributed by atoms with van der Waals surface area (Å²) in [5.74, 6) is 0. The Labute approximate surface area is 97.0 Å². The molecule has 1 aliphatic carbocycles. The maximum atomic E-state index is 5.37. The fourth-order valence-corrected chi connectivity index (χ4v) is 1.78. The molecule has 2 rings (SSSR count). The largest absolute Gasteiger partial charge is 0.380 e. The number of imidazole rings is 1. The molecule has 1 aromatic heterocycles. The summed E-state index contributed by atoms with van der Waals surface area (Å²) in [6, 6.07) is 1.10. The molecular weight excluding hydrogens is 202 g/mol. The van der Waals surface area contributed by atoms with Gasteiger partial charge in [0.25, 0.3) is 0 Å². The first-order valence-corrected chi connectivity index (χ1v) is 6.13. The monoisotopic (exact) mass is 223 g/mol. The number of hydrogen-bond donors (Lipinski definition) is 1. The van der Waals surface area contributed by atoms with Crippen molar-refractivity contribution in [2.24, 2.45) is 0 Å². The van der Waals surface area contributed by atoms with Crippen molar-refractivity contribution >= 4 is 0 Å². The van der Waals surface area contributed by atoms with Gasteiger partial charge in [-0.05, 0) is 26.7 Å². The van der Waals surface area contributed by atoms with E-state index in [2.05, 4.69) is 21.8 Å². The number of rotatable bonds is 7. The van der Waals surface area contributed by atoms with Gasteiger partial charge >= 0.3 is 0 Å². The number of nitrogens with zero attached hydrogens (tertiary/aromatic N) is 2. The van der Waals surface area contributed by atoms with Gasteiger partial charge in [0, 0.05) is 31.4 Å². The van der Waals surface area contributed by atoms with Crippen LogP contribution in [0.2, 0.25) is 0 Å². The molecule has 0 bridgehead atoms. The van der Waals surface area contributed by atoms with Crippen molar-refractivity contribution in [1.82, 2.24) is 14.9 Å². The lowest BCUT2D eigenvalue weighted by atomic mass is 10.3. The Bertz CT molecular complexity index is 320. The third kappa shape index (κ3) is 3.06. The molecule has 1 fully saturated rings. The highest BCUT2D eigenvalue weighted by atomic mass is 16.5. The van der Waals surface area contributed by atoms with Gasteiger partial charge in [0.2, 0.25) is 0 Å². The fourth-order valence-electron chi connectivity index (χ4n) is 1.78. The molecular formula is C12H21N3O. The lowest BCUT2D eigenvalue weighted by Gasteiger charge is -2.14. The zero-order valence-corrected chi connectivity index (χ0v) is 10.1. The van der Waals surface area contributed by atoms with Gasteiger partial charge in [-0.3, -0.25) is 0 Å². The van der Waals surface area contributed by atoms with Gasteiger partial charge in [0.15, 0.2) is 0 Å². The number of aromatic nitrogens is 2. The van der Waals surface area contributed by atoms with Gasteiger partial charge in [0.1, 0.15) is 0 Å². The van der Waals surface area contributed by atoms with Crippen molar-refractivity contribution in [2.45, 2.75) is 45.3 Å². The van der Waals surface area contributed by atoms with Crippen LogP contribution in [0.5, 0.6) is 0 Å². The second-order valence-corrected chi connectivity index (χ2v) is 4.46. The van der Waals surface area contributed by atoms with Gasteiger partial charge in [-0.15, -0.1) is 0 Å². The Morgan fingerprint density at radius 1 is 1.62 bits per heavy atom. The summed E-state index contributed by atoms with van der Waals surface area (Å²) in [5, 5.41) is 3.46. The van der Waals surface area contributed by atoms with E-state index in [0.29, 0.717) is 12.1 Å². The quantitative estimate of drug-likeness (QED) is 0.765. The zero-order chi connectivity index (χ0) is 11.4. The van der Waals surface area contributed by atoms with Crippen molar-refractivity contribution in [3.05, 3.63) is 18.2 Å². The van der Waals surface area contributed by atoms with Crippen molar-refractivity contribution in [3.63, 3.8) is 0 Å². The molecule has 16 heavy (non-hydrogen) atoms. The molecule has 1 heterocycles. The molecule has 1 aromatic rings. The van der Waals surface area contributed by atoms with E-state index in [9.17, 15) is 0 Å². The Hall–Kier alpha value is -0.870. The van der Waals surface area contributed by atoms with E-state index in [1.807, 2.05) is 19.4 Å². The van der Waals surface area contributed by atoms with Crippen LogP contribution in [-0.4, -0.2) is 28.8 Å². The Balaban J connectivity index is 1.77. The van der Waals surface area contributed by atoms with Gasteiger partial charge in [-0.25, -0.2) is 4.98 Å². The summed E-state index contributed by atoms with van der Waals surface area (Å²) < 4.78 is 7.66. The topological polar surface area (TPSA) is 39.1 Å². The highest BCUT2D eigenvalue weighted by molar-refractivity contribution is 5.03. The van der Waals surface area contributed by atoms with E-state index in [1.165, 1.54) is 18.5 Å². The molecule has 0 radical (unpaired) electrons. The lowest BCUT2D eigenvalue weighted by molar-refractivity contribution is 0.127. The highest BCUT2D eigenvalue weighted by Gasteiger charge is 2.24. The summed E-state index contributed by atoms with van der Waals surface area (Å²) in [6.07, 6.45) is 6.51. The molecule has 0 aromatic carbocycles. The van der Waals surface area contributed by atoms with Crippen molar-refractivity contribution in [1.29, 1.82) is 0 Å².